The van der Waals surface area contributed by atoms with Gasteiger partial charge in [0.05, 0.1) is 23.7 Å². The molecule has 168 valence electrons. The maximum Gasteiger partial charge on any atom is 0.261 e. The molecule has 2 fully saturated rings. The normalized spacial score (nSPS) is 17.6. The summed E-state index contributed by atoms with van der Waals surface area (Å²) in [6.07, 6.45) is 4.72. The molecule has 2 aromatic heterocycles. The topological polar surface area (TPSA) is 67.3 Å². The van der Waals surface area contributed by atoms with Crippen LogP contribution in [0.5, 0.6) is 5.75 Å². The van der Waals surface area contributed by atoms with Gasteiger partial charge in [0, 0.05) is 23.4 Å². The average molecular weight is 451 g/mol. The van der Waals surface area contributed by atoms with Crippen molar-refractivity contribution in [1.82, 2.24) is 20.2 Å². The lowest BCUT2D eigenvalue weighted by atomic mass is 10.0. The highest BCUT2D eigenvalue weighted by Gasteiger charge is 2.29. The summed E-state index contributed by atoms with van der Waals surface area (Å²) in [6, 6.07) is 8.22. The van der Waals surface area contributed by atoms with E-state index >= 15 is 0 Å². The Labute approximate surface area is 193 Å². The van der Waals surface area contributed by atoms with Gasteiger partial charge in [-0.05, 0) is 64.3 Å². The van der Waals surface area contributed by atoms with Gasteiger partial charge in [0.2, 0.25) is 0 Å². The number of fused-ring (bicyclic) bond motifs is 1. The molecule has 1 N–H and O–H groups in total. The van der Waals surface area contributed by atoms with E-state index in [1.54, 1.807) is 7.11 Å². The van der Waals surface area contributed by atoms with Gasteiger partial charge in [-0.3, -0.25) is 9.69 Å². The summed E-state index contributed by atoms with van der Waals surface area (Å²) in [5, 5.41) is 4.26. The number of aromatic nitrogens is 2. The van der Waals surface area contributed by atoms with Crippen molar-refractivity contribution >= 4 is 27.5 Å². The van der Waals surface area contributed by atoms with E-state index in [4.69, 9.17) is 14.7 Å². The Kier molecular flexibility index (Phi) is 5.86. The number of ether oxygens (including phenoxy) is 1. The SMILES string of the molecule is COc1ccccc1[C@@H](CNC(=O)c1sc2nc(C3CC3)nc(C)c2c1C)N1CCCC1. The maximum atomic E-state index is 13.3. The van der Waals surface area contributed by atoms with Gasteiger partial charge in [0.25, 0.3) is 5.91 Å². The molecule has 1 saturated carbocycles. The highest BCUT2D eigenvalue weighted by Crippen LogP contribution is 2.40. The van der Waals surface area contributed by atoms with E-state index in [1.165, 1.54) is 37.0 Å². The summed E-state index contributed by atoms with van der Waals surface area (Å²) < 4.78 is 5.63. The highest BCUT2D eigenvalue weighted by atomic mass is 32.1. The number of methoxy groups -OCH3 is 1. The number of carbonyl (C=O) groups excluding carboxylic acids is 1. The Bertz CT molecular complexity index is 1150. The van der Waals surface area contributed by atoms with E-state index in [-0.39, 0.29) is 11.9 Å². The predicted molar refractivity (Wildman–Crippen MR) is 128 cm³/mol. The average Bonchev–Trinajstić information content (AvgIpc) is 3.41. The first-order valence-corrected chi connectivity index (χ1v) is 12.3. The number of hydrogen-bond donors (Lipinski definition) is 1. The van der Waals surface area contributed by atoms with E-state index in [0.29, 0.717) is 12.5 Å². The minimum absolute atomic E-state index is 0.0306. The fraction of sp³-hybridized carbons (Fsp3) is 0.480. The number of rotatable bonds is 7. The highest BCUT2D eigenvalue weighted by molar-refractivity contribution is 7.20. The van der Waals surface area contributed by atoms with Gasteiger partial charge in [-0.1, -0.05) is 18.2 Å². The third kappa shape index (κ3) is 3.99. The van der Waals surface area contributed by atoms with Gasteiger partial charge in [0.1, 0.15) is 16.4 Å². The molecular weight excluding hydrogens is 420 g/mol. The molecule has 1 aromatic carbocycles. The van der Waals surface area contributed by atoms with Crippen molar-refractivity contribution in [3.63, 3.8) is 0 Å². The number of likely N-dealkylation sites (tertiary alicyclic amines) is 1. The summed E-state index contributed by atoms with van der Waals surface area (Å²) >= 11 is 1.49. The molecule has 1 atom stereocenters. The number of thiophene rings is 1. The lowest BCUT2D eigenvalue weighted by Gasteiger charge is -2.29. The Morgan fingerprint density at radius 1 is 1.22 bits per heavy atom. The van der Waals surface area contributed by atoms with Crippen LogP contribution in [0.3, 0.4) is 0 Å². The van der Waals surface area contributed by atoms with Crippen LogP contribution in [-0.4, -0.2) is 47.5 Å². The number of benzene rings is 1. The summed E-state index contributed by atoms with van der Waals surface area (Å²) in [5.74, 6) is 2.28. The monoisotopic (exact) mass is 450 g/mol. The molecule has 7 heteroatoms. The molecule has 1 aliphatic carbocycles. The zero-order valence-electron chi connectivity index (χ0n) is 19.0. The van der Waals surface area contributed by atoms with Gasteiger partial charge in [-0.2, -0.15) is 0 Å². The van der Waals surface area contributed by atoms with Crippen molar-refractivity contribution in [3.8, 4) is 5.75 Å². The van der Waals surface area contributed by atoms with Gasteiger partial charge in [-0.15, -0.1) is 11.3 Å². The zero-order chi connectivity index (χ0) is 22.2. The Balaban J connectivity index is 1.40. The molecule has 1 aliphatic heterocycles. The lowest BCUT2D eigenvalue weighted by Crippen LogP contribution is -2.37. The van der Waals surface area contributed by atoms with E-state index in [1.807, 2.05) is 32.0 Å². The molecule has 0 bridgehead atoms. The van der Waals surface area contributed by atoms with Crippen molar-refractivity contribution in [1.29, 1.82) is 0 Å². The largest absolute Gasteiger partial charge is 0.496 e. The standard InChI is InChI=1S/C25H30N4O2S/c1-15-21-16(2)27-23(17-10-11-17)28-25(21)32-22(15)24(30)26-14-19(29-12-6-7-13-29)18-8-4-5-9-20(18)31-3/h4-5,8-9,17,19H,6-7,10-14H2,1-3H3,(H,26,30)/t19-/m1/s1. The molecule has 1 amide bonds. The van der Waals surface area contributed by atoms with Crippen molar-refractivity contribution < 1.29 is 9.53 Å². The summed E-state index contributed by atoms with van der Waals surface area (Å²) in [6.45, 7) is 6.67. The van der Waals surface area contributed by atoms with Crippen LogP contribution in [0.4, 0.5) is 0 Å². The maximum absolute atomic E-state index is 13.3. The Morgan fingerprint density at radius 3 is 2.69 bits per heavy atom. The van der Waals surface area contributed by atoms with Gasteiger partial charge in [-0.25, -0.2) is 9.97 Å². The summed E-state index contributed by atoms with van der Waals surface area (Å²) in [5.41, 5.74) is 3.09. The van der Waals surface area contributed by atoms with Crippen LogP contribution in [0.1, 0.15) is 70.0 Å². The minimum atomic E-state index is -0.0306. The van der Waals surface area contributed by atoms with Gasteiger partial charge >= 0.3 is 0 Å². The van der Waals surface area contributed by atoms with Crippen molar-refractivity contribution in [2.24, 2.45) is 0 Å². The lowest BCUT2D eigenvalue weighted by molar-refractivity contribution is 0.0941. The van der Waals surface area contributed by atoms with Crippen molar-refractivity contribution in [2.45, 2.75) is 51.5 Å². The Hall–Kier alpha value is -2.51. The minimum Gasteiger partial charge on any atom is -0.496 e. The van der Waals surface area contributed by atoms with E-state index in [2.05, 4.69) is 16.3 Å². The van der Waals surface area contributed by atoms with E-state index in [9.17, 15) is 4.79 Å². The molecule has 32 heavy (non-hydrogen) atoms. The Morgan fingerprint density at radius 2 is 1.97 bits per heavy atom. The number of hydrogen-bond acceptors (Lipinski definition) is 6. The molecule has 0 unspecified atom stereocenters. The molecule has 5 rings (SSSR count). The number of nitrogens with zero attached hydrogens (tertiary/aromatic N) is 3. The van der Waals surface area contributed by atoms with Crippen molar-refractivity contribution in [3.05, 3.63) is 51.8 Å². The van der Waals surface area contributed by atoms with Crippen LogP contribution in [0, 0.1) is 13.8 Å². The molecule has 3 heterocycles. The number of para-hydroxylation sites is 1. The second kappa shape index (κ2) is 8.79. The smallest absolute Gasteiger partial charge is 0.261 e. The van der Waals surface area contributed by atoms with Crippen LogP contribution in [-0.2, 0) is 0 Å². The number of aryl methyl sites for hydroxylation is 2. The van der Waals surface area contributed by atoms with Crippen LogP contribution in [0.2, 0.25) is 0 Å². The van der Waals surface area contributed by atoms with Crippen molar-refractivity contribution in [2.75, 3.05) is 26.7 Å². The van der Waals surface area contributed by atoms with Crippen LogP contribution < -0.4 is 10.1 Å². The first-order valence-electron chi connectivity index (χ1n) is 11.5. The quantitative estimate of drug-likeness (QED) is 0.562. The fourth-order valence-electron chi connectivity index (χ4n) is 4.80. The molecule has 2 aliphatic rings. The summed E-state index contributed by atoms with van der Waals surface area (Å²) in [7, 11) is 1.71. The first kappa shape index (κ1) is 21.3. The molecule has 6 nitrogen and oxygen atoms in total. The molecular formula is C25H30N4O2S. The fourth-order valence-corrected chi connectivity index (χ4v) is 5.96. The van der Waals surface area contributed by atoms with Crippen LogP contribution in [0.25, 0.3) is 10.2 Å². The van der Waals surface area contributed by atoms with E-state index in [0.717, 1.165) is 56.6 Å². The zero-order valence-corrected chi connectivity index (χ0v) is 19.8. The third-order valence-electron chi connectivity index (χ3n) is 6.67. The third-order valence-corrected chi connectivity index (χ3v) is 7.86. The number of carbonyl (C=O) groups is 1. The molecule has 1 saturated heterocycles. The van der Waals surface area contributed by atoms with Gasteiger partial charge in [0.15, 0.2) is 0 Å². The van der Waals surface area contributed by atoms with Crippen LogP contribution >= 0.6 is 11.3 Å². The molecule has 3 aromatic rings. The van der Waals surface area contributed by atoms with E-state index < -0.39 is 0 Å². The first-order chi connectivity index (χ1) is 15.6. The number of nitrogens with one attached hydrogen (secondary N) is 1. The molecule has 0 radical (unpaired) electrons. The second-order valence-electron chi connectivity index (χ2n) is 8.89. The second-order valence-corrected chi connectivity index (χ2v) is 9.89. The summed E-state index contributed by atoms with van der Waals surface area (Å²) in [4.78, 5) is 26.9. The molecule has 0 spiro atoms. The predicted octanol–water partition coefficient (Wildman–Crippen LogP) is 4.76. The number of amides is 1. The van der Waals surface area contributed by atoms with Gasteiger partial charge < -0.3 is 10.1 Å². The van der Waals surface area contributed by atoms with Crippen LogP contribution in [0.15, 0.2) is 24.3 Å².